The number of piperidine rings is 1. The molecule has 57 heavy (non-hydrogen) atoms. The Morgan fingerprint density at radius 2 is 1.56 bits per heavy atom. The van der Waals surface area contributed by atoms with Crippen LogP contribution in [0.15, 0.2) is 12.7 Å². The topological polar surface area (TPSA) is 153 Å². The molecule has 13 heteroatoms. The van der Waals surface area contributed by atoms with Crippen molar-refractivity contribution >= 4 is 39.5 Å². The molecular weight excluding hydrogens is 743 g/mol. The van der Waals surface area contributed by atoms with Gasteiger partial charge in [-0.3, -0.25) is 28.9 Å². The second-order valence-electron chi connectivity index (χ2n) is 20.4. The van der Waals surface area contributed by atoms with Crippen LogP contribution in [0.5, 0.6) is 0 Å². The number of amides is 3. The lowest BCUT2D eigenvalue weighted by Crippen LogP contribution is -2.58. The molecule has 7 atom stereocenters. The highest BCUT2D eigenvalue weighted by atomic mass is 32.2. The number of rotatable bonds is 17. The molecule has 322 valence electrons. The third-order valence-electron chi connectivity index (χ3n) is 15.6. The van der Waals surface area contributed by atoms with Gasteiger partial charge in [0.05, 0.1) is 23.5 Å². The van der Waals surface area contributed by atoms with Gasteiger partial charge in [0.1, 0.15) is 0 Å². The van der Waals surface area contributed by atoms with Gasteiger partial charge in [0.15, 0.2) is 11.6 Å². The lowest BCUT2D eigenvalue weighted by molar-refractivity contribution is -0.145. The first kappa shape index (κ1) is 45.4. The molecule has 2 aliphatic heterocycles. The van der Waals surface area contributed by atoms with Crippen molar-refractivity contribution in [2.45, 2.75) is 165 Å². The number of carbonyl (C=O) groups is 5. The minimum Gasteiger partial charge on any atom is -0.344 e. The highest BCUT2D eigenvalue weighted by Gasteiger charge is 2.85. The SMILES string of the molecule is C=C[C@@H]1C[C@]1(CC(=O)[C@@H]1C[C@@]2(CN1C(=O)[C@@H](CC(=O)[C@@H](NC(=O)[C@@H]1CCCCN1C(C)C)C(C)(C)C)C(C)C)C(C)(C)C21CCC1)C(=O)NS(=O)(=O)N(CC)CC. The van der Waals surface area contributed by atoms with E-state index in [1.54, 1.807) is 24.8 Å². The van der Waals surface area contributed by atoms with Gasteiger partial charge >= 0.3 is 10.2 Å². The molecule has 0 radical (unpaired) electrons. The quantitative estimate of drug-likeness (QED) is 0.179. The number of hydrogen-bond donors (Lipinski definition) is 2. The fraction of sp³-hybridized carbons (Fsp3) is 0.841. The zero-order valence-corrected chi connectivity index (χ0v) is 37.6. The van der Waals surface area contributed by atoms with Crippen LogP contribution in [-0.4, -0.2) is 102 Å². The molecule has 3 saturated carbocycles. The van der Waals surface area contributed by atoms with E-state index in [1.807, 2.05) is 34.6 Å². The standard InChI is InChI=1S/C44H73N5O7S/c1-13-30-24-42(30,39(54)46-57(55,56)47(14-2)15-3)26-35(51)33-25-44(41(11,12)43(44)20-18-21-43)27-49(33)38(53)31(28(4)5)23-34(50)36(40(8,9)10)45-37(52)32-19-16-17-22-48(32)29(6)7/h13,28-33,36H,1,14-27H2,2-12H3,(H,45,52)(H,46,54)/t30-,31+,32+,33+,36-,42-,44-/m1/s1. The van der Waals surface area contributed by atoms with Crippen molar-refractivity contribution in [1.82, 2.24) is 24.1 Å². The number of likely N-dealkylation sites (tertiary alicyclic amines) is 2. The van der Waals surface area contributed by atoms with Crippen molar-refractivity contribution < 1.29 is 32.4 Å². The van der Waals surface area contributed by atoms with Crippen LogP contribution >= 0.6 is 0 Å². The highest BCUT2D eigenvalue weighted by Crippen LogP contribution is 2.88. The second kappa shape index (κ2) is 16.1. The van der Waals surface area contributed by atoms with Gasteiger partial charge in [0, 0.05) is 49.9 Å². The molecule has 2 heterocycles. The zero-order valence-electron chi connectivity index (χ0n) is 36.8. The van der Waals surface area contributed by atoms with Crippen LogP contribution in [0, 0.1) is 44.8 Å². The van der Waals surface area contributed by atoms with Crippen molar-refractivity contribution in [2.75, 3.05) is 26.2 Å². The number of nitrogens with zero attached hydrogens (tertiary/aromatic N) is 3. The monoisotopic (exact) mass is 816 g/mol. The molecule has 5 fully saturated rings. The Hall–Kier alpha value is -2.64. The third-order valence-corrected chi connectivity index (χ3v) is 17.3. The first-order valence-electron chi connectivity index (χ1n) is 21.8. The highest BCUT2D eigenvalue weighted by molar-refractivity contribution is 7.87. The van der Waals surface area contributed by atoms with Crippen LogP contribution in [0.2, 0.25) is 0 Å². The molecule has 2 saturated heterocycles. The van der Waals surface area contributed by atoms with Gasteiger partial charge in [-0.05, 0) is 87.0 Å². The van der Waals surface area contributed by atoms with E-state index in [4.69, 9.17) is 0 Å². The number of hydrogen-bond acceptors (Lipinski definition) is 8. The maximum Gasteiger partial charge on any atom is 0.303 e. The molecule has 3 amide bonds. The smallest absolute Gasteiger partial charge is 0.303 e. The summed E-state index contributed by atoms with van der Waals surface area (Å²) < 4.78 is 29.7. The van der Waals surface area contributed by atoms with Crippen LogP contribution in [0.4, 0.5) is 0 Å². The van der Waals surface area contributed by atoms with E-state index in [-0.39, 0.29) is 89.5 Å². The first-order valence-corrected chi connectivity index (χ1v) is 23.2. The maximum atomic E-state index is 15.1. The zero-order chi connectivity index (χ0) is 42.7. The third kappa shape index (κ3) is 7.80. The Labute approximate surface area is 343 Å². The predicted molar refractivity (Wildman–Crippen MR) is 222 cm³/mol. The molecule has 0 bridgehead atoms. The van der Waals surface area contributed by atoms with Gasteiger partial charge in [-0.1, -0.05) is 81.2 Å². The lowest BCUT2D eigenvalue weighted by Gasteiger charge is -2.40. The summed E-state index contributed by atoms with van der Waals surface area (Å²) in [7, 11) is -4.12. The average Bonchev–Trinajstić information content (AvgIpc) is 3.83. The molecule has 0 aromatic carbocycles. The summed E-state index contributed by atoms with van der Waals surface area (Å²) >= 11 is 0. The Morgan fingerprint density at radius 3 is 2.04 bits per heavy atom. The molecule has 5 rings (SSSR count). The summed E-state index contributed by atoms with van der Waals surface area (Å²) in [4.78, 5) is 75.9. The Balaban J connectivity index is 1.41. The van der Waals surface area contributed by atoms with E-state index in [2.05, 4.69) is 49.2 Å². The van der Waals surface area contributed by atoms with E-state index in [1.165, 1.54) is 4.31 Å². The van der Waals surface area contributed by atoms with E-state index in [0.29, 0.717) is 19.4 Å². The molecule has 2 N–H and O–H groups in total. The molecule has 0 aromatic heterocycles. The minimum atomic E-state index is -4.12. The average molecular weight is 816 g/mol. The van der Waals surface area contributed by atoms with Gasteiger partial charge in [-0.2, -0.15) is 12.7 Å². The molecular formula is C44H73N5O7S. The summed E-state index contributed by atoms with van der Waals surface area (Å²) in [5, 5.41) is 3.13. The van der Waals surface area contributed by atoms with Crippen LogP contribution in [-0.2, 0) is 34.2 Å². The number of Topliss-reactive ketones (excluding diaryl/α,β-unsaturated/α-hetero) is 2. The van der Waals surface area contributed by atoms with Crippen molar-refractivity contribution in [1.29, 1.82) is 0 Å². The summed E-state index contributed by atoms with van der Waals surface area (Å²) in [5.74, 6) is -2.93. The van der Waals surface area contributed by atoms with Crippen molar-refractivity contribution in [3.63, 3.8) is 0 Å². The number of fused-ring (bicyclic) bond motifs is 1. The van der Waals surface area contributed by atoms with Gasteiger partial charge in [-0.15, -0.1) is 6.58 Å². The van der Waals surface area contributed by atoms with Crippen LogP contribution in [0.3, 0.4) is 0 Å². The summed E-state index contributed by atoms with van der Waals surface area (Å²) in [6, 6.07) is -1.75. The largest absolute Gasteiger partial charge is 0.344 e. The Morgan fingerprint density at radius 1 is 0.930 bits per heavy atom. The predicted octanol–water partition coefficient (Wildman–Crippen LogP) is 5.66. The van der Waals surface area contributed by atoms with E-state index in [9.17, 15) is 27.6 Å². The van der Waals surface area contributed by atoms with E-state index < -0.39 is 44.9 Å². The fourth-order valence-electron chi connectivity index (χ4n) is 11.6. The molecule has 2 spiro atoms. The second-order valence-corrected chi connectivity index (χ2v) is 22.0. The van der Waals surface area contributed by atoms with Gasteiger partial charge in [-0.25, -0.2) is 4.72 Å². The molecule has 0 unspecified atom stereocenters. The summed E-state index contributed by atoms with van der Waals surface area (Å²) in [6.45, 7) is 27.2. The Kier molecular flexibility index (Phi) is 12.8. The van der Waals surface area contributed by atoms with Crippen molar-refractivity contribution in [3.8, 4) is 0 Å². The van der Waals surface area contributed by atoms with Gasteiger partial charge in [0.2, 0.25) is 17.7 Å². The van der Waals surface area contributed by atoms with E-state index >= 15 is 4.79 Å². The van der Waals surface area contributed by atoms with Gasteiger partial charge < -0.3 is 10.2 Å². The number of ketones is 2. The van der Waals surface area contributed by atoms with Crippen LogP contribution in [0.25, 0.3) is 0 Å². The maximum absolute atomic E-state index is 15.1. The minimum absolute atomic E-state index is 0.0252. The normalized spacial score (nSPS) is 30.3. The van der Waals surface area contributed by atoms with E-state index in [0.717, 1.165) is 45.1 Å². The van der Waals surface area contributed by atoms with Gasteiger partial charge in [0.25, 0.3) is 0 Å². The van der Waals surface area contributed by atoms with Crippen molar-refractivity contribution in [3.05, 3.63) is 12.7 Å². The van der Waals surface area contributed by atoms with Crippen LogP contribution < -0.4 is 10.0 Å². The molecule has 3 aliphatic carbocycles. The van der Waals surface area contributed by atoms with Crippen molar-refractivity contribution in [2.24, 2.45) is 44.8 Å². The fourth-order valence-corrected chi connectivity index (χ4v) is 12.9. The Bertz CT molecular complexity index is 1710. The molecule has 12 nitrogen and oxygen atoms in total. The number of carbonyl (C=O) groups excluding carboxylic acids is 5. The summed E-state index contributed by atoms with van der Waals surface area (Å²) in [5.41, 5.74) is -2.23. The lowest BCUT2D eigenvalue weighted by atomic mass is 9.73. The molecule has 0 aromatic rings. The first-order chi connectivity index (χ1) is 26.4. The number of allylic oxidation sites excluding steroid dienone is 1. The van der Waals surface area contributed by atoms with Crippen LogP contribution in [0.1, 0.15) is 140 Å². The number of nitrogens with one attached hydrogen (secondary N) is 2. The molecule has 5 aliphatic rings. The summed E-state index contributed by atoms with van der Waals surface area (Å²) in [6.07, 6.45) is 7.97.